The number of carbonyl (C=O) groups excluding carboxylic acids is 1. The first-order valence-electron chi connectivity index (χ1n) is 7.47. The maximum absolute atomic E-state index is 11.9. The Labute approximate surface area is 130 Å². The Bertz CT molecular complexity index is 636. The molecule has 2 aromatic rings. The van der Waals surface area contributed by atoms with Gasteiger partial charge in [0, 0.05) is 24.9 Å². The zero-order chi connectivity index (χ0) is 16.1. The van der Waals surface area contributed by atoms with Crippen molar-refractivity contribution in [1.29, 1.82) is 0 Å². The lowest BCUT2D eigenvalue weighted by Crippen LogP contribution is -2.37. The van der Waals surface area contributed by atoms with Crippen LogP contribution in [0, 0.1) is 6.92 Å². The topological polar surface area (TPSA) is 70.4 Å². The number of hydrogen-bond donors (Lipinski definition) is 2. The number of hydrogen-bond acceptors (Lipinski definition) is 4. The maximum Gasteiger partial charge on any atom is 0.221 e. The van der Waals surface area contributed by atoms with Crippen LogP contribution >= 0.6 is 0 Å². The van der Waals surface area contributed by atoms with Crippen molar-refractivity contribution in [2.24, 2.45) is 0 Å². The molecule has 22 heavy (non-hydrogen) atoms. The number of aryl methyl sites for hydroxylation is 2. The Morgan fingerprint density at radius 2 is 2.23 bits per heavy atom. The molecular weight excluding hydrogens is 280 g/mol. The summed E-state index contributed by atoms with van der Waals surface area (Å²) in [5.41, 5.74) is 2.21. The summed E-state index contributed by atoms with van der Waals surface area (Å²) >= 11 is 0. The van der Waals surface area contributed by atoms with E-state index in [2.05, 4.69) is 16.5 Å². The number of aliphatic hydroxyl groups excluding tert-OH is 1. The number of aliphatic hydroxyl groups is 1. The number of nitrogens with one attached hydrogen (secondary N) is 1. The first kappa shape index (κ1) is 16.5. The van der Waals surface area contributed by atoms with E-state index in [1.54, 1.807) is 0 Å². The number of nitrogens with zero attached hydrogens (tertiary/aromatic N) is 3. The minimum absolute atomic E-state index is 0.0749. The molecule has 1 unspecified atom stereocenters. The highest BCUT2D eigenvalue weighted by molar-refractivity contribution is 5.80. The van der Waals surface area contributed by atoms with Crippen molar-refractivity contribution in [3.05, 3.63) is 30.0 Å². The first-order chi connectivity index (χ1) is 10.5. The Kier molecular flexibility index (Phi) is 5.51. The van der Waals surface area contributed by atoms with Crippen molar-refractivity contribution in [3.8, 4) is 0 Å². The van der Waals surface area contributed by atoms with E-state index in [1.165, 1.54) is 5.56 Å². The zero-order valence-corrected chi connectivity index (χ0v) is 13.4. The molecule has 0 aliphatic carbocycles. The summed E-state index contributed by atoms with van der Waals surface area (Å²) in [5.74, 6) is -0.0749. The van der Waals surface area contributed by atoms with Crippen molar-refractivity contribution < 1.29 is 9.90 Å². The van der Waals surface area contributed by atoms with Gasteiger partial charge in [-0.05, 0) is 32.6 Å². The minimum atomic E-state index is -0.549. The van der Waals surface area contributed by atoms with Crippen LogP contribution in [0.15, 0.2) is 24.4 Å². The molecule has 0 saturated carbocycles. The predicted molar refractivity (Wildman–Crippen MR) is 86.7 cm³/mol. The highest BCUT2D eigenvalue weighted by Gasteiger charge is 2.09. The van der Waals surface area contributed by atoms with Gasteiger partial charge in [0.2, 0.25) is 5.91 Å². The van der Waals surface area contributed by atoms with Crippen LogP contribution in [0.4, 0.5) is 0 Å². The fourth-order valence-electron chi connectivity index (χ4n) is 2.37. The minimum Gasteiger partial charge on any atom is -0.390 e. The van der Waals surface area contributed by atoms with Gasteiger partial charge in [0.05, 0.1) is 24.4 Å². The molecule has 1 amide bonds. The fourth-order valence-corrected chi connectivity index (χ4v) is 2.37. The normalized spacial score (nSPS) is 12.8. The Balaban J connectivity index is 1.84. The number of likely N-dealkylation sites (N-methyl/N-ethyl adjacent to an activating group) is 1. The molecule has 0 saturated heterocycles. The van der Waals surface area contributed by atoms with Crippen LogP contribution in [0.5, 0.6) is 0 Å². The Hall–Kier alpha value is -1.92. The van der Waals surface area contributed by atoms with Crippen molar-refractivity contribution in [2.75, 3.05) is 27.2 Å². The lowest BCUT2D eigenvalue weighted by atomic mass is 10.2. The number of fused-ring (bicyclic) bond motifs is 1. The maximum atomic E-state index is 11.9. The second-order valence-corrected chi connectivity index (χ2v) is 5.90. The van der Waals surface area contributed by atoms with E-state index in [0.29, 0.717) is 19.5 Å². The molecule has 0 aliphatic rings. The van der Waals surface area contributed by atoms with Gasteiger partial charge in [-0.25, -0.2) is 0 Å². The molecule has 0 spiro atoms. The standard InChI is InChI=1S/C16H24N4O2/c1-12-4-5-13-9-18-20(15(13)8-12)7-6-16(22)17-10-14(21)11-19(2)3/h4-5,8-9,14,21H,6-7,10-11H2,1-3H3,(H,17,22). The van der Waals surface area contributed by atoms with Gasteiger partial charge in [0.25, 0.3) is 0 Å². The van der Waals surface area contributed by atoms with E-state index in [1.807, 2.05) is 48.9 Å². The SMILES string of the molecule is Cc1ccc2cnn(CCC(=O)NCC(O)CN(C)C)c2c1. The predicted octanol–water partition coefficient (Wildman–Crippen LogP) is 0.774. The summed E-state index contributed by atoms with van der Waals surface area (Å²) in [6.07, 6.45) is 1.61. The summed E-state index contributed by atoms with van der Waals surface area (Å²) in [6, 6.07) is 6.15. The van der Waals surface area contributed by atoms with Crippen molar-refractivity contribution in [3.63, 3.8) is 0 Å². The van der Waals surface area contributed by atoms with Crippen LogP contribution in [0.25, 0.3) is 10.9 Å². The van der Waals surface area contributed by atoms with Crippen LogP contribution < -0.4 is 5.32 Å². The van der Waals surface area contributed by atoms with Crippen LogP contribution in [0.1, 0.15) is 12.0 Å². The molecule has 0 aliphatic heterocycles. The monoisotopic (exact) mass is 304 g/mol. The molecular formula is C16H24N4O2. The molecule has 0 fully saturated rings. The van der Waals surface area contributed by atoms with Gasteiger partial charge in [-0.15, -0.1) is 0 Å². The summed E-state index contributed by atoms with van der Waals surface area (Å²) < 4.78 is 1.85. The molecule has 6 heteroatoms. The average molecular weight is 304 g/mol. The fraction of sp³-hybridized carbons (Fsp3) is 0.500. The smallest absolute Gasteiger partial charge is 0.221 e. The molecule has 0 bridgehead atoms. The van der Waals surface area contributed by atoms with Crippen LogP contribution in [0.2, 0.25) is 0 Å². The Morgan fingerprint density at radius 3 is 2.95 bits per heavy atom. The molecule has 1 heterocycles. The molecule has 1 aromatic carbocycles. The molecule has 120 valence electrons. The van der Waals surface area contributed by atoms with Gasteiger partial charge in [-0.3, -0.25) is 9.48 Å². The van der Waals surface area contributed by atoms with Gasteiger partial charge >= 0.3 is 0 Å². The third kappa shape index (κ3) is 4.54. The number of aromatic nitrogens is 2. The van der Waals surface area contributed by atoms with Gasteiger partial charge in [-0.2, -0.15) is 5.10 Å². The number of benzene rings is 1. The van der Waals surface area contributed by atoms with Crippen molar-refractivity contribution in [2.45, 2.75) is 26.0 Å². The number of rotatable bonds is 7. The van der Waals surface area contributed by atoms with Crippen LogP contribution in [-0.4, -0.2) is 59.0 Å². The average Bonchev–Trinajstić information content (AvgIpc) is 2.84. The summed E-state index contributed by atoms with van der Waals surface area (Å²) in [4.78, 5) is 13.7. The molecule has 2 rings (SSSR count). The van der Waals surface area contributed by atoms with Gasteiger partial charge < -0.3 is 15.3 Å². The van der Waals surface area contributed by atoms with Crippen molar-refractivity contribution >= 4 is 16.8 Å². The largest absolute Gasteiger partial charge is 0.390 e. The van der Waals surface area contributed by atoms with E-state index < -0.39 is 6.10 Å². The van der Waals surface area contributed by atoms with Crippen LogP contribution in [-0.2, 0) is 11.3 Å². The first-order valence-corrected chi connectivity index (χ1v) is 7.47. The van der Waals surface area contributed by atoms with E-state index in [-0.39, 0.29) is 12.5 Å². The number of amides is 1. The van der Waals surface area contributed by atoms with Crippen LogP contribution in [0.3, 0.4) is 0 Å². The molecule has 2 N–H and O–H groups in total. The summed E-state index contributed by atoms with van der Waals surface area (Å²) in [7, 11) is 3.77. The molecule has 1 atom stereocenters. The van der Waals surface area contributed by atoms with Gasteiger partial charge in [0.15, 0.2) is 0 Å². The number of carbonyl (C=O) groups is 1. The third-order valence-corrected chi connectivity index (χ3v) is 3.46. The second kappa shape index (κ2) is 7.38. The van der Waals surface area contributed by atoms with Gasteiger partial charge in [0.1, 0.15) is 0 Å². The summed E-state index contributed by atoms with van der Waals surface area (Å²) in [5, 5.41) is 17.9. The Morgan fingerprint density at radius 1 is 1.45 bits per heavy atom. The van der Waals surface area contributed by atoms with Crippen molar-refractivity contribution in [1.82, 2.24) is 20.0 Å². The second-order valence-electron chi connectivity index (χ2n) is 5.90. The lowest BCUT2D eigenvalue weighted by Gasteiger charge is -2.16. The molecule has 1 aromatic heterocycles. The van der Waals surface area contributed by atoms with E-state index in [0.717, 1.165) is 10.9 Å². The van der Waals surface area contributed by atoms with E-state index in [4.69, 9.17) is 0 Å². The highest BCUT2D eigenvalue weighted by atomic mass is 16.3. The van der Waals surface area contributed by atoms with Gasteiger partial charge in [-0.1, -0.05) is 12.1 Å². The molecule has 6 nitrogen and oxygen atoms in total. The summed E-state index contributed by atoms with van der Waals surface area (Å²) in [6.45, 7) is 3.37. The van der Waals surface area contributed by atoms with E-state index >= 15 is 0 Å². The quantitative estimate of drug-likeness (QED) is 0.793. The third-order valence-electron chi connectivity index (χ3n) is 3.46. The lowest BCUT2D eigenvalue weighted by molar-refractivity contribution is -0.121. The molecule has 0 radical (unpaired) electrons. The van der Waals surface area contributed by atoms with E-state index in [9.17, 15) is 9.90 Å². The highest BCUT2D eigenvalue weighted by Crippen LogP contribution is 2.15. The zero-order valence-electron chi connectivity index (χ0n) is 13.4.